The summed E-state index contributed by atoms with van der Waals surface area (Å²) in [6.45, 7) is 0. The molecule has 24 heavy (non-hydrogen) atoms. The Bertz CT molecular complexity index is 933. The maximum atomic E-state index is 12.0. The number of anilines is 2. The van der Waals surface area contributed by atoms with Crippen molar-refractivity contribution in [1.82, 2.24) is 9.97 Å². The van der Waals surface area contributed by atoms with Crippen LogP contribution in [0.15, 0.2) is 48.7 Å². The van der Waals surface area contributed by atoms with Gasteiger partial charge in [-0.25, -0.2) is 4.98 Å². The van der Waals surface area contributed by atoms with Gasteiger partial charge in [-0.2, -0.15) is 0 Å². The lowest BCUT2D eigenvalue weighted by Crippen LogP contribution is -2.08. The Hall–Kier alpha value is -2.63. The van der Waals surface area contributed by atoms with E-state index in [1.54, 1.807) is 12.3 Å². The zero-order valence-corrected chi connectivity index (χ0v) is 13.8. The number of halogens is 2. The van der Waals surface area contributed by atoms with Crippen molar-refractivity contribution in [3.63, 3.8) is 0 Å². The summed E-state index contributed by atoms with van der Waals surface area (Å²) in [5.74, 6) is -0.345. The molecule has 1 aromatic heterocycles. The van der Waals surface area contributed by atoms with Crippen LogP contribution in [-0.2, 0) is 4.79 Å². The molecule has 0 fully saturated rings. The zero-order chi connectivity index (χ0) is 17.1. The van der Waals surface area contributed by atoms with Crippen LogP contribution in [0.4, 0.5) is 11.4 Å². The predicted molar refractivity (Wildman–Crippen MR) is 98.1 cm³/mol. The van der Waals surface area contributed by atoms with Gasteiger partial charge < -0.3 is 11.1 Å². The minimum Gasteiger partial charge on any atom is -0.396 e. The molecule has 0 spiro atoms. The van der Waals surface area contributed by atoms with Crippen LogP contribution < -0.4 is 11.1 Å². The minimum atomic E-state index is -0.345. The van der Waals surface area contributed by atoms with E-state index in [4.69, 9.17) is 28.9 Å². The highest BCUT2D eigenvalue weighted by atomic mass is 35.5. The van der Waals surface area contributed by atoms with E-state index in [1.807, 2.05) is 24.3 Å². The van der Waals surface area contributed by atoms with Gasteiger partial charge in [-0.15, -0.1) is 0 Å². The van der Waals surface area contributed by atoms with Crippen molar-refractivity contribution in [2.45, 2.75) is 0 Å². The van der Waals surface area contributed by atoms with Crippen LogP contribution in [0.25, 0.3) is 17.1 Å². The van der Waals surface area contributed by atoms with E-state index in [2.05, 4.69) is 15.3 Å². The Balaban J connectivity index is 1.74. The van der Waals surface area contributed by atoms with Crippen molar-refractivity contribution in [2.24, 2.45) is 0 Å². The molecule has 7 heteroatoms. The highest BCUT2D eigenvalue weighted by Gasteiger charge is 2.06. The summed E-state index contributed by atoms with van der Waals surface area (Å²) in [5.41, 5.74) is 8.53. The van der Waals surface area contributed by atoms with Crippen molar-refractivity contribution in [1.29, 1.82) is 0 Å². The molecule has 3 rings (SSSR count). The number of carbonyl (C=O) groups is 1. The second-order valence-corrected chi connectivity index (χ2v) is 5.77. The summed E-state index contributed by atoms with van der Waals surface area (Å²) in [6, 6.07) is 10.6. The number of carbonyl (C=O) groups excluding carboxylic acids is 1. The van der Waals surface area contributed by atoms with Gasteiger partial charge >= 0.3 is 0 Å². The molecule has 0 saturated carbocycles. The summed E-state index contributed by atoms with van der Waals surface area (Å²) >= 11 is 11.9. The molecule has 0 saturated heterocycles. The first-order valence-electron chi connectivity index (χ1n) is 6.98. The number of fused-ring (bicyclic) bond motifs is 1. The monoisotopic (exact) mass is 358 g/mol. The average molecular weight is 359 g/mol. The zero-order valence-electron chi connectivity index (χ0n) is 12.3. The first-order chi connectivity index (χ1) is 11.5. The van der Waals surface area contributed by atoms with E-state index in [9.17, 15) is 4.79 Å². The lowest BCUT2D eigenvalue weighted by molar-refractivity contribution is -0.111. The molecule has 0 aliphatic heterocycles. The van der Waals surface area contributed by atoms with Crippen molar-refractivity contribution in [3.8, 4) is 0 Å². The fourth-order valence-corrected chi connectivity index (χ4v) is 2.54. The third-order valence-corrected chi connectivity index (χ3v) is 3.84. The molecule has 2 aromatic carbocycles. The van der Waals surface area contributed by atoms with Gasteiger partial charge in [0.2, 0.25) is 5.91 Å². The molecule has 1 heterocycles. The topological polar surface area (TPSA) is 80.9 Å². The van der Waals surface area contributed by atoms with Gasteiger partial charge in [-0.3, -0.25) is 9.78 Å². The number of amides is 1. The minimum absolute atomic E-state index is 0.276. The number of rotatable bonds is 3. The van der Waals surface area contributed by atoms with E-state index in [1.165, 1.54) is 18.2 Å². The lowest BCUT2D eigenvalue weighted by Gasteiger charge is -2.06. The molecule has 0 radical (unpaired) electrons. The van der Waals surface area contributed by atoms with Crippen molar-refractivity contribution >= 4 is 57.6 Å². The Labute approximate surface area is 148 Å². The standard InChI is InChI=1S/C17H12Cl2N4O/c18-12-7-11(8-13(19)17(12)20)23-16(24)6-5-10-9-21-14-3-1-2-4-15(14)22-10/h1-9H,20H2,(H,23,24)/b6-5+. The van der Waals surface area contributed by atoms with Crippen LogP contribution in [0.2, 0.25) is 10.0 Å². The molecule has 0 aliphatic carbocycles. The summed E-state index contributed by atoms with van der Waals surface area (Å²) in [5, 5.41) is 3.22. The Kier molecular flexibility index (Phi) is 4.64. The van der Waals surface area contributed by atoms with Gasteiger partial charge in [-0.05, 0) is 30.3 Å². The molecule has 3 N–H and O–H groups in total. The van der Waals surface area contributed by atoms with E-state index in [0.717, 1.165) is 11.0 Å². The number of hydrogen-bond acceptors (Lipinski definition) is 4. The van der Waals surface area contributed by atoms with E-state index in [0.29, 0.717) is 11.4 Å². The molecule has 1 amide bonds. The first-order valence-corrected chi connectivity index (χ1v) is 7.74. The largest absolute Gasteiger partial charge is 0.396 e. The molecule has 3 aromatic rings. The molecule has 0 bridgehead atoms. The van der Waals surface area contributed by atoms with Crippen LogP contribution >= 0.6 is 23.2 Å². The van der Waals surface area contributed by atoms with Crippen LogP contribution in [0.5, 0.6) is 0 Å². The Morgan fingerprint density at radius 2 is 1.79 bits per heavy atom. The maximum absolute atomic E-state index is 12.0. The van der Waals surface area contributed by atoms with Crippen molar-refractivity contribution < 1.29 is 4.79 Å². The van der Waals surface area contributed by atoms with Gasteiger partial charge in [0.25, 0.3) is 0 Å². The number of benzene rings is 2. The third kappa shape index (κ3) is 3.64. The molecule has 0 aliphatic rings. The Morgan fingerprint density at radius 1 is 1.12 bits per heavy atom. The van der Waals surface area contributed by atoms with Crippen LogP contribution in [0.1, 0.15) is 5.69 Å². The van der Waals surface area contributed by atoms with Crippen LogP contribution in [0, 0.1) is 0 Å². The fourth-order valence-electron chi connectivity index (χ4n) is 2.05. The van der Waals surface area contributed by atoms with Crippen molar-refractivity contribution in [2.75, 3.05) is 11.1 Å². The van der Waals surface area contributed by atoms with Crippen LogP contribution in [0.3, 0.4) is 0 Å². The number of para-hydroxylation sites is 2. The van der Waals surface area contributed by atoms with Gasteiger partial charge in [0.05, 0.1) is 38.7 Å². The fraction of sp³-hybridized carbons (Fsp3) is 0. The highest BCUT2D eigenvalue weighted by Crippen LogP contribution is 2.31. The van der Waals surface area contributed by atoms with Crippen molar-refractivity contribution in [3.05, 3.63) is 64.4 Å². The lowest BCUT2D eigenvalue weighted by atomic mass is 10.2. The molecular weight excluding hydrogens is 347 g/mol. The van der Waals surface area contributed by atoms with Gasteiger partial charge in [-0.1, -0.05) is 35.3 Å². The van der Waals surface area contributed by atoms with Gasteiger partial charge in [0, 0.05) is 11.8 Å². The average Bonchev–Trinajstić information content (AvgIpc) is 2.57. The number of nitrogens with two attached hydrogens (primary N) is 1. The number of aromatic nitrogens is 2. The Morgan fingerprint density at radius 3 is 2.50 bits per heavy atom. The summed E-state index contributed by atoms with van der Waals surface area (Å²) in [4.78, 5) is 20.7. The molecule has 0 atom stereocenters. The smallest absolute Gasteiger partial charge is 0.248 e. The highest BCUT2D eigenvalue weighted by molar-refractivity contribution is 6.39. The van der Waals surface area contributed by atoms with E-state index in [-0.39, 0.29) is 21.6 Å². The normalized spacial score (nSPS) is 11.1. The quantitative estimate of drug-likeness (QED) is 0.543. The summed E-state index contributed by atoms with van der Waals surface area (Å²) in [6.07, 6.45) is 4.54. The predicted octanol–water partition coefficient (Wildman–Crippen LogP) is 4.17. The van der Waals surface area contributed by atoms with Crippen LogP contribution in [-0.4, -0.2) is 15.9 Å². The summed E-state index contributed by atoms with van der Waals surface area (Å²) < 4.78 is 0. The molecular formula is C17H12Cl2N4O. The maximum Gasteiger partial charge on any atom is 0.248 e. The molecule has 5 nitrogen and oxygen atoms in total. The van der Waals surface area contributed by atoms with E-state index >= 15 is 0 Å². The second kappa shape index (κ2) is 6.86. The SMILES string of the molecule is Nc1c(Cl)cc(NC(=O)/C=C/c2cnc3ccccc3n2)cc1Cl. The summed E-state index contributed by atoms with van der Waals surface area (Å²) in [7, 11) is 0. The molecule has 120 valence electrons. The van der Waals surface area contributed by atoms with Gasteiger partial charge in [0.1, 0.15) is 0 Å². The third-order valence-electron chi connectivity index (χ3n) is 3.22. The number of nitrogen functional groups attached to an aromatic ring is 1. The van der Waals surface area contributed by atoms with Gasteiger partial charge in [0.15, 0.2) is 0 Å². The number of nitrogens with zero attached hydrogens (tertiary/aromatic N) is 2. The first kappa shape index (κ1) is 16.2. The number of hydrogen-bond donors (Lipinski definition) is 2. The number of nitrogens with one attached hydrogen (secondary N) is 1. The van der Waals surface area contributed by atoms with E-state index < -0.39 is 0 Å². The second-order valence-electron chi connectivity index (χ2n) is 4.96. The molecule has 0 unspecified atom stereocenters.